The fraction of sp³-hybridized carbons (Fsp3) is 0.125. The highest BCUT2D eigenvalue weighted by molar-refractivity contribution is 9.11. The lowest BCUT2D eigenvalue weighted by molar-refractivity contribution is 0.299. The van der Waals surface area contributed by atoms with E-state index in [0.717, 1.165) is 14.5 Å². The molecule has 0 aliphatic heterocycles. The number of halogens is 2. The Balaban J connectivity index is 1.89. The van der Waals surface area contributed by atoms with Crippen molar-refractivity contribution in [2.75, 3.05) is 0 Å². The molecule has 0 unspecified atom stereocenters. The molecule has 22 heavy (non-hydrogen) atoms. The zero-order valence-corrected chi connectivity index (χ0v) is 14.9. The average Bonchev–Trinajstić information content (AvgIpc) is 2.46. The summed E-state index contributed by atoms with van der Waals surface area (Å²) >= 11 is 6.84. The molecular formula is C16H12Br2N2O2. The van der Waals surface area contributed by atoms with E-state index >= 15 is 0 Å². The van der Waals surface area contributed by atoms with Gasteiger partial charge in [-0.05, 0) is 58.7 Å². The number of aromatic nitrogens is 2. The van der Waals surface area contributed by atoms with Crippen LogP contribution in [0, 0.1) is 6.92 Å². The zero-order valence-electron chi connectivity index (χ0n) is 11.7. The predicted molar refractivity (Wildman–Crippen MR) is 92.4 cm³/mol. The van der Waals surface area contributed by atoms with E-state index in [1.165, 1.54) is 10.5 Å². The molecule has 0 spiro atoms. The maximum atomic E-state index is 12.1. The molecule has 2 heterocycles. The lowest BCUT2D eigenvalue weighted by atomic mass is 10.3. The minimum Gasteiger partial charge on any atom is -0.486 e. The molecule has 0 amide bonds. The molecule has 0 saturated heterocycles. The van der Waals surface area contributed by atoms with Crippen LogP contribution in [0.4, 0.5) is 0 Å². The molecule has 1 aromatic carbocycles. The quantitative estimate of drug-likeness (QED) is 0.636. The van der Waals surface area contributed by atoms with Gasteiger partial charge in [-0.2, -0.15) is 0 Å². The molecule has 2 aromatic heterocycles. The molecule has 0 fully saturated rings. The third-order valence-corrected chi connectivity index (χ3v) is 4.26. The van der Waals surface area contributed by atoms with Crippen LogP contribution in [0.15, 0.2) is 56.3 Å². The van der Waals surface area contributed by atoms with Gasteiger partial charge in [0.25, 0.3) is 5.56 Å². The van der Waals surface area contributed by atoms with Gasteiger partial charge < -0.3 is 4.74 Å². The number of benzene rings is 1. The Kier molecular flexibility index (Phi) is 4.31. The van der Waals surface area contributed by atoms with Gasteiger partial charge in [-0.1, -0.05) is 15.9 Å². The van der Waals surface area contributed by atoms with Gasteiger partial charge in [0.2, 0.25) is 0 Å². The SMILES string of the molecule is Cc1ccn2c(=O)cc(COc3ccc(Br)cc3Br)nc2c1. The normalized spacial score (nSPS) is 10.9. The monoisotopic (exact) mass is 422 g/mol. The van der Waals surface area contributed by atoms with Crippen LogP contribution >= 0.6 is 31.9 Å². The maximum absolute atomic E-state index is 12.1. The highest BCUT2D eigenvalue weighted by Gasteiger charge is 2.06. The van der Waals surface area contributed by atoms with E-state index in [2.05, 4.69) is 36.8 Å². The summed E-state index contributed by atoms with van der Waals surface area (Å²) in [7, 11) is 0. The Labute approximate surface area is 144 Å². The summed E-state index contributed by atoms with van der Waals surface area (Å²) in [5, 5.41) is 0. The van der Waals surface area contributed by atoms with Gasteiger partial charge in [-0.3, -0.25) is 9.20 Å². The molecule has 3 rings (SSSR count). The van der Waals surface area contributed by atoms with Crippen molar-refractivity contribution in [1.29, 1.82) is 0 Å². The number of rotatable bonds is 3. The Morgan fingerprint density at radius 2 is 2.00 bits per heavy atom. The van der Waals surface area contributed by atoms with E-state index < -0.39 is 0 Å². The van der Waals surface area contributed by atoms with Crippen molar-refractivity contribution in [1.82, 2.24) is 9.38 Å². The first-order valence-electron chi connectivity index (χ1n) is 6.60. The van der Waals surface area contributed by atoms with Gasteiger partial charge in [0.15, 0.2) is 0 Å². The van der Waals surface area contributed by atoms with Crippen LogP contribution in [0.3, 0.4) is 0 Å². The minimum atomic E-state index is -0.113. The number of hydrogen-bond donors (Lipinski definition) is 0. The molecule has 6 heteroatoms. The molecule has 0 aliphatic rings. The van der Waals surface area contributed by atoms with E-state index in [1.54, 1.807) is 6.20 Å². The molecule has 0 bridgehead atoms. The standard InChI is InChI=1S/C16H12Br2N2O2/c1-10-4-5-20-15(6-10)19-12(8-16(20)21)9-22-14-3-2-11(17)7-13(14)18/h2-8H,9H2,1H3. The van der Waals surface area contributed by atoms with Crippen LogP contribution in [0.1, 0.15) is 11.3 Å². The van der Waals surface area contributed by atoms with E-state index in [4.69, 9.17) is 4.74 Å². The number of ether oxygens (including phenoxy) is 1. The van der Waals surface area contributed by atoms with Crippen LogP contribution in [0.2, 0.25) is 0 Å². The predicted octanol–water partition coefficient (Wildman–Crippen LogP) is 4.11. The van der Waals surface area contributed by atoms with Crippen molar-refractivity contribution in [2.24, 2.45) is 0 Å². The number of nitrogens with zero attached hydrogens (tertiary/aromatic N) is 2. The van der Waals surface area contributed by atoms with Gasteiger partial charge in [-0.25, -0.2) is 4.98 Å². The Morgan fingerprint density at radius 3 is 2.77 bits per heavy atom. The van der Waals surface area contributed by atoms with Crippen molar-refractivity contribution in [3.63, 3.8) is 0 Å². The van der Waals surface area contributed by atoms with Gasteiger partial charge in [-0.15, -0.1) is 0 Å². The molecular weight excluding hydrogens is 412 g/mol. The number of aryl methyl sites for hydroxylation is 1. The molecule has 4 nitrogen and oxygen atoms in total. The van der Waals surface area contributed by atoms with Gasteiger partial charge >= 0.3 is 0 Å². The van der Waals surface area contributed by atoms with Gasteiger partial charge in [0, 0.05) is 16.7 Å². The summed E-state index contributed by atoms with van der Waals surface area (Å²) in [6, 6.07) is 10.9. The lowest BCUT2D eigenvalue weighted by Gasteiger charge is -2.09. The molecule has 0 radical (unpaired) electrons. The minimum absolute atomic E-state index is 0.113. The molecule has 0 atom stereocenters. The second kappa shape index (κ2) is 6.22. The topological polar surface area (TPSA) is 43.6 Å². The van der Waals surface area contributed by atoms with E-state index in [0.29, 0.717) is 17.1 Å². The smallest absolute Gasteiger partial charge is 0.258 e. The van der Waals surface area contributed by atoms with Crippen LogP contribution in [-0.4, -0.2) is 9.38 Å². The molecule has 0 saturated carbocycles. The van der Waals surface area contributed by atoms with Crippen LogP contribution in [0.25, 0.3) is 5.65 Å². The Bertz CT molecular complexity index is 906. The largest absolute Gasteiger partial charge is 0.486 e. The molecule has 0 N–H and O–H groups in total. The van der Waals surface area contributed by atoms with E-state index in [9.17, 15) is 4.79 Å². The summed E-state index contributed by atoms with van der Waals surface area (Å²) in [6.07, 6.45) is 1.73. The van der Waals surface area contributed by atoms with Crippen molar-refractivity contribution >= 4 is 37.5 Å². The van der Waals surface area contributed by atoms with Crippen LogP contribution < -0.4 is 10.3 Å². The second-order valence-electron chi connectivity index (χ2n) is 4.88. The molecule has 3 aromatic rings. The fourth-order valence-electron chi connectivity index (χ4n) is 2.07. The summed E-state index contributed by atoms with van der Waals surface area (Å²) in [5.41, 5.74) is 2.17. The van der Waals surface area contributed by atoms with Crippen molar-refractivity contribution in [2.45, 2.75) is 13.5 Å². The summed E-state index contributed by atoms with van der Waals surface area (Å²) in [4.78, 5) is 16.6. The lowest BCUT2D eigenvalue weighted by Crippen LogP contribution is -2.16. The summed E-state index contributed by atoms with van der Waals surface area (Å²) in [5.74, 6) is 0.703. The summed E-state index contributed by atoms with van der Waals surface area (Å²) in [6.45, 7) is 2.20. The van der Waals surface area contributed by atoms with Gasteiger partial charge in [0.05, 0.1) is 10.2 Å². The first-order chi connectivity index (χ1) is 10.5. The second-order valence-corrected chi connectivity index (χ2v) is 6.65. The fourth-order valence-corrected chi connectivity index (χ4v) is 3.23. The number of pyridine rings is 1. The third-order valence-electron chi connectivity index (χ3n) is 3.15. The Morgan fingerprint density at radius 1 is 1.18 bits per heavy atom. The zero-order chi connectivity index (χ0) is 15.7. The highest BCUT2D eigenvalue weighted by atomic mass is 79.9. The third kappa shape index (κ3) is 3.23. The van der Waals surface area contributed by atoms with Crippen LogP contribution in [0.5, 0.6) is 5.75 Å². The number of hydrogen-bond acceptors (Lipinski definition) is 3. The molecule has 112 valence electrons. The first-order valence-corrected chi connectivity index (χ1v) is 8.18. The van der Waals surface area contributed by atoms with E-state index in [-0.39, 0.29) is 12.2 Å². The number of fused-ring (bicyclic) bond motifs is 1. The average molecular weight is 424 g/mol. The highest BCUT2D eigenvalue weighted by Crippen LogP contribution is 2.28. The van der Waals surface area contributed by atoms with Crippen molar-refractivity contribution in [3.05, 3.63) is 73.2 Å². The Hall–Kier alpha value is -1.66. The first kappa shape index (κ1) is 15.2. The van der Waals surface area contributed by atoms with Gasteiger partial charge in [0.1, 0.15) is 18.0 Å². The maximum Gasteiger partial charge on any atom is 0.258 e. The van der Waals surface area contributed by atoms with E-state index in [1.807, 2.05) is 37.3 Å². The van der Waals surface area contributed by atoms with Crippen molar-refractivity contribution < 1.29 is 4.74 Å². The summed E-state index contributed by atoms with van der Waals surface area (Å²) < 4.78 is 9.06. The molecule has 0 aliphatic carbocycles. The van der Waals surface area contributed by atoms with Crippen molar-refractivity contribution in [3.8, 4) is 5.75 Å². The van der Waals surface area contributed by atoms with Crippen LogP contribution in [-0.2, 0) is 6.61 Å².